The predicted octanol–water partition coefficient (Wildman–Crippen LogP) is 2.15. The maximum absolute atomic E-state index is 11.9. The Morgan fingerprint density at radius 2 is 1.92 bits per heavy atom. The lowest BCUT2D eigenvalue weighted by Gasteiger charge is -2.23. The standard InChI is InChI=1S/C17H22N4O2S/c1-17(2,24(3,22)23)13-4-6-14(7-5-13)20-16-19-10-12-8-9-18-11-15(12)21-16/h4-7,10,18H,8-9,11H2,1-3H3,(H,19,20,21). The van der Waals surface area contributed by atoms with Crippen molar-refractivity contribution in [2.45, 2.75) is 31.6 Å². The van der Waals surface area contributed by atoms with Crippen LogP contribution in [0.5, 0.6) is 0 Å². The first-order valence-corrected chi connectivity index (χ1v) is 9.79. The molecule has 3 rings (SSSR count). The van der Waals surface area contributed by atoms with Crippen LogP contribution in [0.2, 0.25) is 0 Å². The number of rotatable bonds is 4. The molecule has 2 N–H and O–H groups in total. The maximum Gasteiger partial charge on any atom is 0.227 e. The molecule has 0 atom stereocenters. The van der Waals surface area contributed by atoms with E-state index in [0.29, 0.717) is 5.95 Å². The first-order valence-electron chi connectivity index (χ1n) is 7.90. The van der Waals surface area contributed by atoms with Crippen molar-refractivity contribution < 1.29 is 8.42 Å². The molecule has 0 aliphatic carbocycles. The first kappa shape index (κ1) is 16.9. The van der Waals surface area contributed by atoms with Gasteiger partial charge in [0.2, 0.25) is 5.95 Å². The number of anilines is 2. The van der Waals surface area contributed by atoms with E-state index in [2.05, 4.69) is 20.6 Å². The molecule has 1 aromatic heterocycles. The molecular formula is C17H22N4O2S. The SMILES string of the molecule is CC(C)(c1ccc(Nc2ncc3c(n2)CNCC3)cc1)S(C)(=O)=O. The molecule has 0 amide bonds. The summed E-state index contributed by atoms with van der Waals surface area (Å²) in [5, 5.41) is 6.47. The summed E-state index contributed by atoms with van der Waals surface area (Å²) in [6.07, 6.45) is 4.08. The number of nitrogens with zero attached hydrogens (tertiary/aromatic N) is 2. The quantitative estimate of drug-likeness (QED) is 0.882. The van der Waals surface area contributed by atoms with E-state index >= 15 is 0 Å². The smallest absolute Gasteiger partial charge is 0.227 e. The van der Waals surface area contributed by atoms with Gasteiger partial charge in [-0.05, 0) is 50.1 Å². The Labute approximate surface area is 142 Å². The fourth-order valence-electron chi connectivity index (χ4n) is 2.59. The zero-order valence-electron chi connectivity index (χ0n) is 14.1. The number of sulfone groups is 1. The zero-order chi connectivity index (χ0) is 17.4. The molecule has 0 saturated carbocycles. The molecule has 0 bridgehead atoms. The molecule has 1 aliphatic rings. The number of hydrogen-bond donors (Lipinski definition) is 2. The van der Waals surface area contributed by atoms with E-state index in [1.807, 2.05) is 30.5 Å². The molecule has 0 spiro atoms. The van der Waals surface area contributed by atoms with Crippen molar-refractivity contribution in [1.29, 1.82) is 0 Å². The number of hydrogen-bond acceptors (Lipinski definition) is 6. The molecule has 24 heavy (non-hydrogen) atoms. The molecule has 128 valence electrons. The van der Waals surface area contributed by atoms with Crippen LogP contribution in [0.1, 0.15) is 30.7 Å². The Morgan fingerprint density at radius 1 is 1.21 bits per heavy atom. The number of aromatic nitrogens is 2. The summed E-state index contributed by atoms with van der Waals surface area (Å²) in [6.45, 7) is 5.14. The van der Waals surface area contributed by atoms with E-state index in [0.717, 1.165) is 36.5 Å². The highest BCUT2D eigenvalue weighted by Gasteiger charge is 2.31. The van der Waals surface area contributed by atoms with Crippen LogP contribution >= 0.6 is 0 Å². The molecule has 0 radical (unpaired) electrons. The lowest BCUT2D eigenvalue weighted by molar-refractivity contribution is 0.561. The molecule has 1 aliphatic heterocycles. The van der Waals surface area contributed by atoms with Gasteiger partial charge in [-0.15, -0.1) is 0 Å². The van der Waals surface area contributed by atoms with Gasteiger partial charge in [0.1, 0.15) is 0 Å². The van der Waals surface area contributed by atoms with Gasteiger partial charge in [0, 0.05) is 24.7 Å². The van der Waals surface area contributed by atoms with Gasteiger partial charge in [0.15, 0.2) is 9.84 Å². The molecule has 2 heterocycles. The first-order chi connectivity index (χ1) is 11.3. The normalized spacial score (nSPS) is 15.0. The van der Waals surface area contributed by atoms with E-state index in [1.54, 1.807) is 13.8 Å². The molecule has 0 saturated heterocycles. The van der Waals surface area contributed by atoms with Crippen molar-refractivity contribution in [3.8, 4) is 0 Å². The molecule has 2 aromatic rings. The van der Waals surface area contributed by atoms with Crippen LogP contribution in [0, 0.1) is 0 Å². The van der Waals surface area contributed by atoms with Crippen molar-refractivity contribution in [3.63, 3.8) is 0 Å². The Morgan fingerprint density at radius 3 is 2.58 bits per heavy atom. The Bertz CT molecular complexity index is 845. The molecule has 0 fully saturated rings. The number of nitrogens with one attached hydrogen (secondary N) is 2. The highest BCUT2D eigenvalue weighted by Crippen LogP contribution is 2.30. The number of fused-ring (bicyclic) bond motifs is 1. The highest BCUT2D eigenvalue weighted by molar-refractivity contribution is 7.91. The molecule has 7 heteroatoms. The molecular weight excluding hydrogens is 324 g/mol. The predicted molar refractivity (Wildman–Crippen MR) is 95.0 cm³/mol. The average Bonchev–Trinajstić information content (AvgIpc) is 2.54. The van der Waals surface area contributed by atoms with Crippen LogP contribution in [-0.4, -0.2) is 31.2 Å². The van der Waals surface area contributed by atoms with E-state index in [9.17, 15) is 8.42 Å². The van der Waals surface area contributed by atoms with Gasteiger partial charge in [-0.3, -0.25) is 0 Å². The summed E-state index contributed by atoms with van der Waals surface area (Å²) >= 11 is 0. The van der Waals surface area contributed by atoms with Gasteiger partial charge in [-0.25, -0.2) is 18.4 Å². The fraction of sp³-hybridized carbons (Fsp3) is 0.412. The summed E-state index contributed by atoms with van der Waals surface area (Å²) in [6, 6.07) is 7.35. The average molecular weight is 346 g/mol. The second-order valence-electron chi connectivity index (χ2n) is 6.58. The largest absolute Gasteiger partial charge is 0.324 e. The summed E-state index contributed by atoms with van der Waals surface area (Å²) in [5.74, 6) is 0.549. The molecule has 1 aromatic carbocycles. The number of benzene rings is 1. The minimum atomic E-state index is -3.19. The van der Waals surface area contributed by atoms with Crippen molar-refractivity contribution in [1.82, 2.24) is 15.3 Å². The highest BCUT2D eigenvalue weighted by atomic mass is 32.2. The van der Waals surface area contributed by atoms with E-state index in [-0.39, 0.29) is 0 Å². The van der Waals surface area contributed by atoms with Crippen LogP contribution in [-0.2, 0) is 27.5 Å². The van der Waals surface area contributed by atoms with Gasteiger partial charge in [-0.2, -0.15) is 0 Å². The Hall–Kier alpha value is -1.99. The van der Waals surface area contributed by atoms with E-state index in [1.165, 1.54) is 11.8 Å². The maximum atomic E-state index is 11.9. The lowest BCUT2D eigenvalue weighted by atomic mass is 10.0. The van der Waals surface area contributed by atoms with Crippen molar-refractivity contribution >= 4 is 21.5 Å². The van der Waals surface area contributed by atoms with E-state index < -0.39 is 14.6 Å². The second-order valence-corrected chi connectivity index (χ2v) is 9.14. The Kier molecular flexibility index (Phi) is 4.31. The minimum absolute atomic E-state index is 0.549. The van der Waals surface area contributed by atoms with Crippen LogP contribution in [0.3, 0.4) is 0 Å². The van der Waals surface area contributed by atoms with Crippen molar-refractivity contribution in [3.05, 3.63) is 47.3 Å². The van der Waals surface area contributed by atoms with Crippen LogP contribution < -0.4 is 10.6 Å². The third-order valence-electron chi connectivity index (χ3n) is 4.58. The molecule has 6 nitrogen and oxygen atoms in total. The Balaban J connectivity index is 1.80. The summed E-state index contributed by atoms with van der Waals surface area (Å²) in [5.41, 5.74) is 3.79. The zero-order valence-corrected chi connectivity index (χ0v) is 14.9. The summed E-state index contributed by atoms with van der Waals surface area (Å²) < 4.78 is 22.9. The van der Waals surface area contributed by atoms with Crippen LogP contribution in [0.15, 0.2) is 30.5 Å². The third kappa shape index (κ3) is 3.27. The summed E-state index contributed by atoms with van der Waals surface area (Å²) in [7, 11) is -3.19. The van der Waals surface area contributed by atoms with Crippen molar-refractivity contribution in [2.24, 2.45) is 0 Å². The monoisotopic (exact) mass is 346 g/mol. The van der Waals surface area contributed by atoms with Gasteiger partial charge >= 0.3 is 0 Å². The van der Waals surface area contributed by atoms with E-state index in [4.69, 9.17) is 0 Å². The fourth-order valence-corrected chi connectivity index (χ4v) is 3.16. The van der Waals surface area contributed by atoms with Crippen LogP contribution in [0.25, 0.3) is 0 Å². The van der Waals surface area contributed by atoms with Gasteiger partial charge < -0.3 is 10.6 Å². The van der Waals surface area contributed by atoms with Gasteiger partial charge in [0.25, 0.3) is 0 Å². The lowest BCUT2D eigenvalue weighted by Crippen LogP contribution is -2.27. The molecule has 0 unspecified atom stereocenters. The third-order valence-corrected chi connectivity index (χ3v) is 6.67. The van der Waals surface area contributed by atoms with Crippen LogP contribution in [0.4, 0.5) is 11.6 Å². The topological polar surface area (TPSA) is 84.0 Å². The van der Waals surface area contributed by atoms with Gasteiger partial charge in [0.05, 0.1) is 10.4 Å². The van der Waals surface area contributed by atoms with Gasteiger partial charge in [-0.1, -0.05) is 12.1 Å². The minimum Gasteiger partial charge on any atom is -0.324 e. The second kappa shape index (κ2) is 6.14. The summed E-state index contributed by atoms with van der Waals surface area (Å²) in [4.78, 5) is 8.89. The van der Waals surface area contributed by atoms with Crippen molar-refractivity contribution in [2.75, 3.05) is 18.1 Å².